The summed E-state index contributed by atoms with van der Waals surface area (Å²) in [7, 11) is 0. The third kappa shape index (κ3) is 3.47. The Morgan fingerprint density at radius 1 is 1.26 bits per heavy atom. The van der Waals surface area contributed by atoms with Crippen molar-refractivity contribution in [3.8, 4) is 0 Å². The van der Waals surface area contributed by atoms with Gasteiger partial charge in [-0.3, -0.25) is 4.79 Å². The number of halogens is 1. The Bertz CT molecular complexity index is 560. The highest BCUT2D eigenvalue weighted by Crippen LogP contribution is 2.16. The second kappa shape index (κ2) is 6.06. The molecule has 0 spiro atoms. The molecule has 0 saturated heterocycles. The fraction of sp³-hybridized carbons (Fsp3) is 0.267. The van der Waals surface area contributed by atoms with Gasteiger partial charge in [-0.15, -0.1) is 0 Å². The fourth-order valence-electron chi connectivity index (χ4n) is 1.78. The summed E-state index contributed by atoms with van der Waals surface area (Å²) in [6.07, 6.45) is 0. The first-order valence-electron chi connectivity index (χ1n) is 6.12. The van der Waals surface area contributed by atoms with E-state index in [1.165, 1.54) is 0 Å². The molecule has 19 heavy (non-hydrogen) atoms. The summed E-state index contributed by atoms with van der Waals surface area (Å²) in [6.45, 7) is 3.79. The van der Waals surface area contributed by atoms with E-state index in [0.29, 0.717) is 5.56 Å². The molecule has 0 aliphatic heterocycles. The van der Waals surface area contributed by atoms with Crippen molar-refractivity contribution in [1.82, 2.24) is 5.32 Å². The van der Waals surface area contributed by atoms with E-state index in [4.69, 9.17) is 4.42 Å². The number of nitrogens with one attached hydrogen (secondary N) is 1. The number of aryl methyl sites for hydroxylation is 1. The van der Waals surface area contributed by atoms with Crippen LogP contribution in [0.15, 0.2) is 40.8 Å². The number of alkyl halides is 1. The molecule has 1 unspecified atom stereocenters. The van der Waals surface area contributed by atoms with E-state index in [2.05, 4.69) is 21.2 Å². The molecule has 1 N–H and O–H groups in total. The lowest BCUT2D eigenvalue weighted by Crippen LogP contribution is -2.26. The van der Waals surface area contributed by atoms with Crippen molar-refractivity contribution in [1.29, 1.82) is 0 Å². The van der Waals surface area contributed by atoms with Gasteiger partial charge in [0.2, 0.25) is 0 Å². The Balaban J connectivity index is 2.03. The van der Waals surface area contributed by atoms with E-state index in [-0.39, 0.29) is 11.9 Å². The Labute approximate surface area is 121 Å². The van der Waals surface area contributed by atoms with E-state index < -0.39 is 0 Å². The largest absolute Gasteiger partial charge is 0.464 e. The van der Waals surface area contributed by atoms with Crippen molar-refractivity contribution in [2.45, 2.75) is 25.2 Å². The average molecular weight is 322 g/mol. The molecule has 0 radical (unpaired) electrons. The van der Waals surface area contributed by atoms with Crippen LogP contribution in [0.25, 0.3) is 0 Å². The molecule has 0 fully saturated rings. The molecule has 1 heterocycles. The van der Waals surface area contributed by atoms with E-state index in [0.717, 1.165) is 22.4 Å². The number of benzene rings is 1. The topological polar surface area (TPSA) is 42.2 Å². The van der Waals surface area contributed by atoms with Gasteiger partial charge in [-0.25, -0.2) is 0 Å². The molecule has 0 aliphatic carbocycles. The Morgan fingerprint density at radius 3 is 2.47 bits per heavy atom. The molecule has 0 bridgehead atoms. The summed E-state index contributed by atoms with van der Waals surface area (Å²) in [5, 5.41) is 3.71. The highest BCUT2D eigenvalue weighted by atomic mass is 79.9. The second-order valence-electron chi connectivity index (χ2n) is 4.47. The highest BCUT2D eigenvalue weighted by molar-refractivity contribution is 9.08. The van der Waals surface area contributed by atoms with Crippen LogP contribution in [-0.4, -0.2) is 5.91 Å². The van der Waals surface area contributed by atoms with Crippen LogP contribution in [0.4, 0.5) is 0 Å². The molecule has 100 valence electrons. The van der Waals surface area contributed by atoms with Gasteiger partial charge >= 0.3 is 0 Å². The number of hydrogen-bond donors (Lipinski definition) is 1. The van der Waals surface area contributed by atoms with Crippen LogP contribution in [-0.2, 0) is 5.33 Å². The summed E-state index contributed by atoms with van der Waals surface area (Å²) < 4.78 is 5.50. The number of carbonyl (C=O) groups is 1. The number of furan rings is 1. The first-order valence-corrected chi connectivity index (χ1v) is 7.24. The number of rotatable bonds is 4. The first-order chi connectivity index (χ1) is 9.10. The summed E-state index contributed by atoms with van der Waals surface area (Å²) in [6, 6.07) is 11.2. The third-order valence-electron chi connectivity index (χ3n) is 2.91. The van der Waals surface area contributed by atoms with Gasteiger partial charge in [0, 0.05) is 10.9 Å². The van der Waals surface area contributed by atoms with Crippen LogP contribution in [0, 0.1) is 6.92 Å². The minimum atomic E-state index is -0.142. The van der Waals surface area contributed by atoms with E-state index in [1.54, 1.807) is 0 Å². The molecule has 4 heteroatoms. The lowest BCUT2D eigenvalue weighted by Gasteiger charge is -2.11. The number of amides is 1. The Kier molecular flexibility index (Phi) is 4.43. The maximum absolute atomic E-state index is 12.1. The zero-order chi connectivity index (χ0) is 13.8. The normalized spacial score (nSPS) is 12.2. The van der Waals surface area contributed by atoms with Gasteiger partial charge in [-0.05, 0) is 43.7 Å². The predicted molar refractivity (Wildman–Crippen MR) is 78.4 cm³/mol. The predicted octanol–water partition coefficient (Wildman–Crippen LogP) is 3.97. The Morgan fingerprint density at radius 2 is 1.95 bits per heavy atom. The quantitative estimate of drug-likeness (QED) is 0.865. The van der Waals surface area contributed by atoms with Crippen LogP contribution in [0.2, 0.25) is 0 Å². The molecule has 3 nitrogen and oxygen atoms in total. The highest BCUT2D eigenvalue weighted by Gasteiger charge is 2.13. The number of carbonyl (C=O) groups excluding carboxylic acids is 1. The van der Waals surface area contributed by atoms with Gasteiger partial charge in [0.1, 0.15) is 11.5 Å². The van der Waals surface area contributed by atoms with Gasteiger partial charge in [-0.1, -0.05) is 28.1 Å². The van der Waals surface area contributed by atoms with Crippen molar-refractivity contribution >= 4 is 21.8 Å². The van der Waals surface area contributed by atoms with Gasteiger partial charge in [0.15, 0.2) is 0 Å². The molecule has 1 atom stereocenters. The molecule has 2 rings (SSSR count). The minimum Gasteiger partial charge on any atom is -0.464 e. The molecule has 0 saturated carbocycles. The third-order valence-corrected chi connectivity index (χ3v) is 3.55. The van der Waals surface area contributed by atoms with E-state index in [1.807, 2.05) is 50.2 Å². The lowest BCUT2D eigenvalue weighted by molar-refractivity contribution is 0.0935. The van der Waals surface area contributed by atoms with Crippen molar-refractivity contribution < 1.29 is 9.21 Å². The first kappa shape index (κ1) is 13.9. The van der Waals surface area contributed by atoms with Gasteiger partial charge in [0.05, 0.1) is 6.04 Å². The van der Waals surface area contributed by atoms with Crippen LogP contribution in [0.3, 0.4) is 0 Å². The molecule has 1 amide bonds. The zero-order valence-electron chi connectivity index (χ0n) is 10.9. The van der Waals surface area contributed by atoms with Gasteiger partial charge < -0.3 is 9.73 Å². The summed E-state index contributed by atoms with van der Waals surface area (Å²) in [5.41, 5.74) is 1.80. The molecule has 1 aromatic heterocycles. The summed E-state index contributed by atoms with van der Waals surface area (Å²) in [4.78, 5) is 12.1. The summed E-state index contributed by atoms with van der Waals surface area (Å²) in [5.74, 6) is 1.52. The minimum absolute atomic E-state index is 0.0947. The smallest absolute Gasteiger partial charge is 0.251 e. The van der Waals surface area contributed by atoms with Crippen LogP contribution >= 0.6 is 15.9 Å². The maximum Gasteiger partial charge on any atom is 0.251 e. The van der Waals surface area contributed by atoms with Crippen LogP contribution in [0.5, 0.6) is 0 Å². The maximum atomic E-state index is 12.1. The molecule has 1 aromatic carbocycles. The molecule has 2 aromatic rings. The SMILES string of the molecule is Cc1ccc(C(C)NC(=O)c2ccc(CBr)cc2)o1. The average Bonchev–Trinajstić information content (AvgIpc) is 2.85. The van der Waals surface area contributed by atoms with Crippen LogP contribution < -0.4 is 5.32 Å². The number of hydrogen-bond acceptors (Lipinski definition) is 2. The van der Waals surface area contributed by atoms with E-state index >= 15 is 0 Å². The monoisotopic (exact) mass is 321 g/mol. The lowest BCUT2D eigenvalue weighted by atomic mass is 10.1. The van der Waals surface area contributed by atoms with Gasteiger partial charge in [-0.2, -0.15) is 0 Å². The fourth-order valence-corrected chi connectivity index (χ4v) is 2.16. The van der Waals surface area contributed by atoms with E-state index in [9.17, 15) is 4.79 Å². The molecule has 0 aliphatic rings. The second-order valence-corrected chi connectivity index (χ2v) is 5.03. The molecular formula is C15H16BrNO2. The van der Waals surface area contributed by atoms with Crippen molar-refractivity contribution in [2.24, 2.45) is 0 Å². The van der Waals surface area contributed by atoms with Crippen molar-refractivity contribution in [3.63, 3.8) is 0 Å². The van der Waals surface area contributed by atoms with Gasteiger partial charge in [0.25, 0.3) is 5.91 Å². The summed E-state index contributed by atoms with van der Waals surface area (Å²) >= 11 is 3.38. The molecular weight excluding hydrogens is 306 g/mol. The Hall–Kier alpha value is -1.55. The van der Waals surface area contributed by atoms with Crippen LogP contribution in [0.1, 0.15) is 40.4 Å². The standard InChI is InChI=1S/C15H16BrNO2/c1-10-3-8-14(19-10)11(2)17-15(18)13-6-4-12(9-16)5-7-13/h3-8,11H,9H2,1-2H3,(H,17,18). The van der Waals surface area contributed by atoms with Crippen molar-refractivity contribution in [3.05, 3.63) is 59.0 Å². The van der Waals surface area contributed by atoms with Crippen molar-refractivity contribution in [2.75, 3.05) is 0 Å². The zero-order valence-corrected chi connectivity index (χ0v) is 12.5.